The van der Waals surface area contributed by atoms with Crippen LogP contribution in [0.4, 0.5) is 5.82 Å². The normalized spacial score (nSPS) is 16.9. The Kier molecular flexibility index (Phi) is 3.87. The highest BCUT2D eigenvalue weighted by molar-refractivity contribution is 5.76. The molecule has 0 aromatic carbocycles. The van der Waals surface area contributed by atoms with Crippen LogP contribution >= 0.6 is 0 Å². The molecule has 2 heterocycles. The summed E-state index contributed by atoms with van der Waals surface area (Å²) in [6.45, 7) is 5.39. The quantitative estimate of drug-likeness (QED) is 0.836. The van der Waals surface area contributed by atoms with Crippen molar-refractivity contribution in [2.75, 3.05) is 18.0 Å². The lowest BCUT2D eigenvalue weighted by Gasteiger charge is -2.31. The molecule has 0 bridgehead atoms. The number of hydrogen-bond donors (Lipinski definition) is 2. The lowest BCUT2D eigenvalue weighted by Crippen LogP contribution is -2.39. The molecule has 3 N–H and O–H groups in total. The van der Waals surface area contributed by atoms with Crippen molar-refractivity contribution < 1.29 is 4.79 Å². The van der Waals surface area contributed by atoms with Crippen LogP contribution in [0.5, 0.6) is 0 Å². The minimum atomic E-state index is -0.235. The zero-order valence-electron chi connectivity index (χ0n) is 11.3. The largest absolute Gasteiger partial charge is 0.369 e. The summed E-state index contributed by atoms with van der Waals surface area (Å²) in [6.07, 6.45) is 1.45. The van der Waals surface area contributed by atoms with Gasteiger partial charge in [-0.2, -0.15) is 0 Å². The standard InChI is InChI=1S/C13H20N4O2/c1-8(2)13-15-10(7-11(18)16-13)17-5-3-9(4-6-17)12(14)19/h7-9H,3-6H2,1-2H3,(H2,14,19)(H,15,16,18). The predicted octanol–water partition coefficient (Wildman–Crippen LogP) is 0.595. The summed E-state index contributed by atoms with van der Waals surface area (Å²) in [4.78, 5) is 32.0. The number of anilines is 1. The first-order valence-corrected chi connectivity index (χ1v) is 6.63. The maximum Gasteiger partial charge on any atom is 0.252 e. The number of aromatic amines is 1. The molecule has 0 radical (unpaired) electrons. The molecule has 1 aliphatic rings. The number of carbonyl (C=O) groups excluding carboxylic acids is 1. The number of hydrogen-bond acceptors (Lipinski definition) is 4. The van der Waals surface area contributed by atoms with Crippen molar-refractivity contribution in [3.63, 3.8) is 0 Å². The highest BCUT2D eigenvalue weighted by Gasteiger charge is 2.24. The van der Waals surface area contributed by atoms with E-state index in [-0.39, 0.29) is 23.3 Å². The Balaban J connectivity index is 2.15. The Hall–Kier alpha value is -1.85. The first-order chi connectivity index (χ1) is 8.97. The van der Waals surface area contributed by atoms with Crippen LogP contribution in [0.1, 0.15) is 38.4 Å². The van der Waals surface area contributed by atoms with E-state index in [1.807, 2.05) is 18.7 Å². The zero-order chi connectivity index (χ0) is 14.0. The van der Waals surface area contributed by atoms with Gasteiger partial charge in [-0.05, 0) is 12.8 Å². The number of nitrogens with one attached hydrogen (secondary N) is 1. The summed E-state index contributed by atoms with van der Waals surface area (Å²) in [5, 5.41) is 0. The van der Waals surface area contributed by atoms with E-state index in [0.29, 0.717) is 24.7 Å². The maximum atomic E-state index is 11.6. The molecular weight excluding hydrogens is 244 g/mol. The van der Waals surface area contributed by atoms with Crippen LogP contribution in [-0.4, -0.2) is 29.0 Å². The van der Waals surface area contributed by atoms with E-state index in [0.717, 1.165) is 12.8 Å². The van der Waals surface area contributed by atoms with E-state index in [1.54, 1.807) is 0 Å². The van der Waals surface area contributed by atoms with Crippen LogP contribution in [0.2, 0.25) is 0 Å². The molecule has 0 atom stereocenters. The molecule has 1 aromatic heterocycles. The third kappa shape index (κ3) is 3.13. The summed E-state index contributed by atoms with van der Waals surface area (Å²) >= 11 is 0. The van der Waals surface area contributed by atoms with E-state index < -0.39 is 0 Å². The van der Waals surface area contributed by atoms with Crippen molar-refractivity contribution in [2.24, 2.45) is 11.7 Å². The van der Waals surface area contributed by atoms with Gasteiger partial charge in [0.05, 0.1) is 0 Å². The molecule has 1 aromatic rings. The van der Waals surface area contributed by atoms with Crippen molar-refractivity contribution in [3.05, 3.63) is 22.2 Å². The molecule has 0 unspecified atom stereocenters. The molecule has 6 nitrogen and oxygen atoms in total. The Morgan fingerprint density at radius 2 is 2.11 bits per heavy atom. The molecule has 1 fully saturated rings. The van der Waals surface area contributed by atoms with Gasteiger partial charge in [0, 0.05) is 31.0 Å². The molecule has 2 rings (SSSR count). The van der Waals surface area contributed by atoms with Crippen molar-refractivity contribution in [2.45, 2.75) is 32.6 Å². The average molecular weight is 264 g/mol. The molecule has 1 amide bonds. The summed E-state index contributed by atoms with van der Waals surface area (Å²) in [5.74, 6) is 1.27. The Labute approximate surface area is 112 Å². The Morgan fingerprint density at radius 1 is 1.47 bits per heavy atom. The average Bonchev–Trinajstić information content (AvgIpc) is 2.38. The molecule has 104 valence electrons. The van der Waals surface area contributed by atoms with Crippen LogP contribution in [0.15, 0.2) is 10.9 Å². The van der Waals surface area contributed by atoms with Gasteiger partial charge in [0.2, 0.25) is 5.91 Å². The van der Waals surface area contributed by atoms with Crippen LogP contribution in [0.3, 0.4) is 0 Å². The molecular formula is C13H20N4O2. The fourth-order valence-electron chi connectivity index (χ4n) is 2.29. The minimum absolute atomic E-state index is 0.0529. The van der Waals surface area contributed by atoms with E-state index in [1.165, 1.54) is 6.07 Å². The highest BCUT2D eigenvalue weighted by atomic mass is 16.1. The number of nitrogens with two attached hydrogens (primary N) is 1. The number of aromatic nitrogens is 2. The van der Waals surface area contributed by atoms with Gasteiger partial charge < -0.3 is 15.6 Å². The molecule has 1 saturated heterocycles. The van der Waals surface area contributed by atoms with Gasteiger partial charge in [0.25, 0.3) is 5.56 Å². The van der Waals surface area contributed by atoms with E-state index in [2.05, 4.69) is 9.97 Å². The zero-order valence-corrected chi connectivity index (χ0v) is 11.3. The second-order valence-corrected chi connectivity index (χ2v) is 5.31. The number of piperidine rings is 1. The van der Waals surface area contributed by atoms with Gasteiger partial charge in [-0.3, -0.25) is 9.59 Å². The first kappa shape index (κ1) is 13.6. The fraction of sp³-hybridized carbons (Fsp3) is 0.615. The lowest BCUT2D eigenvalue weighted by atomic mass is 9.96. The number of rotatable bonds is 3. The van der Waals surface area contributed by atoms with Crippen molar-refractivity contribution >= 4 is 11.7 Å². The third-order valence-electron chi connectivity index (χ3n) is 3.51. The van der Waals surface area contributed by atoms with Gasteiger partial charge in [-0.25, -0.2) is 4.98 Å². The predicted molar refractivity (Wildman–Crippen MR) is 73.1 cm³/mol. The SMILES string of the molecule is CC(C)c1nc(N2CCC(C(N)=O)CC2)cc(=O)[nH]1. The molecule has 1 aliphatic heterocycles. The van der Waals surface area contributed by atoms with Crippen LogP contribution in [-0.2, 0) is 4.79 Å². The molecule has 0 aliphatic carbocycles. The number of H-pyrrole nitrogens is 1. The molecule has 0 saturated carbocycles. The van der Waals surface area contributed by atoms with E-state index in [9.17, 15) is 9.59 Å². The Bertz CT molecular complexity index is 516. The third-order valence-corrected chi connectivity index (χ3v) is 3.51. The molecule has 6 heteroatoms. The summed E-state index contributed by atoms with van der Waals surface area (Å²) in [5.41, 5.74) is 5.18. The van der Waals surface area contributed by atoms with Gasteiger partial charge >= 0.3 is 0 Å². The summed E-state index contributed by atoms with van der Waals surface area (Å²) in [7, 11) is 0. The van der Waals surface area contributed by atoms with E-state index >= 15 is 0 Å². The van der Waals surface area contributed by atoms with Crippen molar-refractivity contribution in [3.8, 4) is 0 Å². The van der Waals surface area contributed by atoms with Gasteiger partial charge in [-0.15, -0.1) is 0 Å². The van der Waals surface area contributed by atoms with Crippen LogP contribution in [0, 0.1) is 5.92 Å². The number of amides is 1. The van der Waals surface area contributed by atoms with E-state index in [4.69, 9.17) is 5.73 Å². The summed E-state index contributed by atoms with van der Waals surface area (Å²) in [6, 6.07) is 1.51. The summed E-state index contributed by atoms with van der Waals surface area (Å²) < 4.78 is 0. The topological polar surface area (TPSA) is 92.1 Å². The molecule has 19 heavy (non-hydrogen) atoms. The number of carbonyl (C=O) groups is 1. The number of primary amides is 1. The monoisotopic (exact) mass is 264 g/mol. The Morgan fingerprint density at radius 3 is 2.63 bits per heavy atom. The van der Waals surface area contributed by atoms with Gasteiger partial charge in [-0.1, -0.05) is 13.8 Å². The second-order valence-electron chi connectivity index (χ2n) is 5.31. The second kappa shape index (κ2) is 5.42. The van der Waals surface area contributed by atoms with Crippen LogP contribution < -0.4 is 16.2 Å². The molecule has 0 spiro atoms. The maximum absolute atomic E-state index is 11.6. The highest BCUT2D eigenvalue weighted by Crippen LogP contribution is 2.21. The van der Waals surface area contributed by atoms with Crippen LogP contribution in [0.25, 0.3) is 0 Å². The van der Waals surface area contributed by atoms with Crippen molar-refractivity contribution in [1.82, 2.24) is 9.97 Å². The first-order valence-electron chi connectivity index (χ1n) is 6.63. The van der Waals surface area contributed by atoms with Crippen molar-refractivity contribution in [1.29, 1.82) is 0 Å². The fourth-order valence-corrected chi connectivity index (χ4v) is 2.29. The van der Waals surface area contributed by atoms with Gasteiger partial charge in [0.1, 0.15) is 11.6 Å². The smallest absolute Gasteiger partial charge is 0.252 e. The number of nitrogens with zero attached hydrogens (tertiary/aromatic N) is 2. The van der Waals surface area contributed by atoms with Gasteiger partial charge in [0.15, 0.2) is 0 Å². The lowest BCUT2D eigenvalue weighted by molar-refractivity contribution is -0.122. The minimum Gasteiger partial charge on any atom is -0.369 e.